The van der Waals surface area contributed by atoms with Gasteiger partial charge >= 0.3 is 0 Å². The molecular weight excluding hydrogens is 224 g/mol. The lowest BCUT2D eigenvalue weighted by atomic mass is 10.3. The molecule has 84 valence electrons. The number of pyridine rings is 1. The first-order valence-corrected chi connectivity index (χ1v) is 5.36. The van der Waals surface area contributed by atoms with Crippen LogP contribution in [0.15, 0.2) is 24.7 Å². The molecule has 4 nitrogen and oxygen atoms in total. The highest BCUT2D eigenvalue weighted by Gasteiger charge is 2.02. The van der Waals surface area contributed by atoms with Crippen LogP contribution in [-0.4, -0.2) is 14.8 Å². The van der Waals surface area contributed by atoms with Crippen molar-refractivity contribution < 1.29 is 0 Å². The summed E-state index contributed by atoms with van der Waals surface area (Å²) in [4.78, 5) is 4.08. The highest BCUT2D eigenvalue weighted by Crippen LogP contribution is 2.20. The maximum atomic E-state index is 5.97. The summed E-state index contributed by atoms with van der Waals surface area (Å²) >= 11 is 5.97. The molecular formula is C11H13ClN4. The zero-order valence-corrected chi connectivity index (χ0v) is 9.99. The van der Waals surface area contributed by atoms with Gasteiger partial charge in [-0.2, -0.15) is 5.10 Å². The van der Waals surface area contributed by atoms with Gasteiger partial charge in [0.15, 0.2) is 5.15 Å². The molecule has 0 saturated heterocycles. The average molecular weight is 237 g/mol. The predicted molar refractivity (Wildman–Crippen MR) is 64.5 cm³/mol. The van der Waals surface area contributed by atoms with Gasteiger partial charge in [0, 0.05) is 31.5 Å². The lowest BCUT2D eigenvalue weighted by Crippen LogP contribution is -2.00. The van der Waals surface area contributed by atoms with Crippen molar-refractivity contribution >= 4 is 17.3 Å². The number of nitrogens with zero attached hydrogens (tertiary/aromatic N) is 3. The van der Waals surface area contributed by atoms with E-state index in [9.17, 15) is 0 Å². The molecule has 0 unspecified atom stereocenters. The van der Waals surface area contributed by atoms with E-state index < -0.39 is 0 Å². The third-order valence-corrected chi connectivity index (χ3v) is 2.52. The Kier molecular flexibility index (Phi) is 3.10. The Labute approximate surface area is 99.3 Å². The molecule has 0 aromatic carbocycles. The second kappa shape index (κ2) is 4.53. The largest absolute Gasteiger partial charge is 0.378 e. The maximum Gasteiger partial charge on any atom is 0.152 e. The van der Waals surface area contributed by atoms with Crippen molar-refractivity contribution in [2.75, 3.05) is 5.32 Å². The van der Waals surface area contributed by atoms with E-state index in [2.05, 4.69) is 15.4 Å². The second-order valence-corrected chi connectivity index (χ2v) is 4.08. The Morgan fingerprint density at radius 2 is 2.25 bits per heavy atom. The molecule has 0 bridgehead atoms. The Morgan fingerprint density at radius 1 is 1.44 bits per heavy atom. The van der Waals surface area contributed by atoms with Crippen molar-refractivity contribution in [2.45, 2.75) is 13.5 Å². The molecule has 0 saturated carbocycles. The van der Waals surface area contributed by atoms with Gasteiger partial charge in [0.2, 0.25) is 0 Å². The Hall–Kier alpha value is -1.55. The van der Waals surface area contributed by atoms with Gasteiger partial charge in [-0.3, -0.25) is 4.68 Å². The van der Waals surface area contributed by atoms with Crippen LogP contribution in [0, 0.1) is 6.92 Å². The highest BCUT2D eigenvalue weighted by molar-refractivity contribution is 6.31. The normalized spacial score (nSPS) is 10.4. The van der Waals surface area contributed by atoms with E-state index in [0.29, 0.717) is 11.7 Å². The van der Waals surface area contributed by atoms with Gasteiger partial charge in [0.25, 0.3) is 0 Å². The average Bonchev–Trinajstić information content (AvgIpc) is 2.66. The zero-order chi connectivity index (χ0) is 11.5. The van der Waals surface area contributed by atoms with E-state index in [4.69, 9.17) is 11.6 Å². The van der Waals surface area contributed by atoms with Crippen molar-refractivity contribution in [3.05, 3.63) is 40.9 Å². The van der Waals surface area contributed by atoms with E-state index in [-0.39, 0.29) is 0 Å². The van der Waals surface area contributed by atoms with Crippen LogP contribution in [0.1, 0.15) is 11.1 Å². The van der Waals surface area contributed by atoms with Crippen molar-refractivity contribution in [1.82, 2.24) is 14.8 Å². The van der Waals surface area contributed by atoms with Crippen molar-refractivity contribution in [3.63, 3.8) is 0 Å². The van der Waals surface area contributed by atoms with Crippen LogP contribution in [0.4, 0.5) is 5.69 Å². The van der Waals surface area contributed by atoms with E-state index in [1.165, 1.54) is 0 Å². The number of anilines is 1. The van der Waals surface area contributed by atoms with E-state index in [0.717, 1.165) is 16.8 Å². The maximum absolute atomic E-state index is 5.97. The van der Waals surface area contributed by atoms with Crippen LogP contribution < -0.4 is 5.32 Å². The van der Waals surface area contributed by atoms with Crippen LogP contribution in [0.25, 0.3) is 0 Å². The van der Waals surface area contributed by atoms with Crippen LogP contribution in [0.2, 0.25) is 5.15 Å². The number of hydrogen-bond acceptors (Lipinski definition) is 3. The van der Waals surface area contributed by atoms with Crippen LogP contribution in [-0.2, 0) is 13.6 Å². The third-order valence-electron chi connectivity index (χ3n) is 2.22. The van der Waals surface area contributed by atoms with Gasteiger partial charge in [-0.25, -0.2) is 4.98 Å². The van der Waals surface area contributed by atoms with Crippen LogP contribution in [0.3, 0.4) is 0 Å². The number of halogens is 1. The molecule has 0 fully saturated rings. The minimum absolute atomic E-state index is 0.495. The molecule has 1 N–H and O–H groups in total. The lowest BCUT2D eigenvalue weighted by Gasteiger charge is -2.06. The molecule has 16 heavy (non-hydrogen) atoms. The van der Waals surface area contributed by atoms with E-state index in [1.54, 1.807) is 10.9 Å². The summed E-state index contributed by atoms with van der Waals surface area (Å²) < 4.78 is 1.77. The first-order chi connectivity index (χ1) is 7.65. The van der Waals surface area contributed by atoms with Gasteiger partial charge in [0.05, 0.1) is 11.9 Å². The molecule has 0 spiro atoms. The van der Waals surface area contributed by atoms with Crippen molar-refractivity contribution in [2.24, 2.45) is 7.05 Å². The third kappa shape index (κ3) is 2.52. The van der Waals surface area contributed by atoms with E-state index in [1.807, 2.05) is 32.4 Å². The second-order valence-electron chi connectivity index (χ2n) is 3.73. The standard InChI is InChI=1S/C11H13ClN4/c1-8-3-10(11(12)14-4-8)13-5-9-6-15-16(2)7-9/h3-4,6-7,13H,5H2,1-2H3. The summed E-state index contributed by atoms with van der Waals surface area (Å²) in [5.74, 6) is 0. The minimum Gasteiger partial charge on any atom is -0.378 e. The molecule has 5 heteroatoms. The molecule has 0 atom stereocenters. The summed E-state index contributed by atoms with van der Waals surface area (Å²) in [5.41, 5.74) is 3.05. The fraction of sp³-hybridized carbons (Fsp3) is 0.273. The van der Waals surface area contributed by atoms with Crippen LogP contribution >= 0.6 is 11.6 Å². The number of nitrogens with one attached hydrogen (secondary N) is 1. The van der Waals surface area contributed by atoms with Gasteiger partial charge in [-0.05, 0) is 18.6 Å². The smallest absolute Gasteiger partial charge is 0.152 e. The number of aromatic nitrogens is 3. The van der Waals surface area contributed by atoms with Gasteiger partial charge in [-0.1, -0.05) is 11.6 Å². The summed E-state index contributed by atoms with van der Waals surface area (Å²) in [6.45, 7) is 2.68. The van der Waals surface area contributed by atoms with Gasteiger partial charge < -0.3 is 5.32 Å². The fourth-order valence-electron chi connectivity index (χ4n) is 1.44. The number of aryl methyl sites for hydroxylation is 2. The Balaban J connectivity index is 2.07. The summed E-state index contributed by atoms with van der Waals surface area (Å²) in [7, 11) is 1.89. The first-order valence-electron chi connectivity index (χ1n) is 4.98. The summed E-state index contributed by atoms with van der Waals surface area (Å²) in [6.07, 6.45) is 5.53. The molecule has 0 radical (unpaired) electrons. The molecule has 0 aliphatic rings. The highest BCUT2D eigenvalue weighted by atomic mass is 35.5. The molecule has 0 amide bonds. The summed E-state index contributed by atoms with van der Waals surface area (Å²) in [5, 5.41) is 7.83. The first kappa shape index (κ1) is 11.0. The molecule has 0 aliphatic heterocycles. The zero-order valence-electron chi connectivity index (χ0n) is 9.24. The Bertz CT molecular complexity index is 492. The Morgan fingerprint density at radius 3 is 2.94 bits per heavy atom. The molecule has 2 aromatic rings. The minimum atomic E-state index is 0.495. The SMILES string of the molecule is Cc1cnc(Cl)c(NCc2cnn(C)c2)c1. The van der Waals surface area contributed by atoms with Gasteiger partial charge in [0.1, 0.15) is 0 Å². The van der Waals surface area contributed by atoms with Crippen molar-refractivity contribution in [1.29, 1.82) is 0 Å². The monoisotopic (exact) mass is 236 g/mol. The quantitative estimate of drug-likeness (QED) is 0.833. The van der Waals surface area contributed by atoms with Crippen molar-refractivity contribution in [3.8, 4) is 0 Å². The number of hydrogen-bond donors (Lipinski definition) is 1. The molecule has 0 aliphatic carbocycles. The topological polar surface area (TPSA) is 42.7 Å². The predicted octanol–water partition coefficient (Wildman–Crippen LogP) is 2.39. The fourth-order valence-corrected chi connectivity index (χ4v) is 1.61. The lowest BCUT2D eigenvalue weighted by molar-refractivity contribution is 0.767. The molecule has 2 rings (SSSR count). The van der Waals surface area contributed by atoms with Crippen LogP contribution in [0.5, 0.6) is 0 Å². The summed E-state index contributed by atoms with van der Waals surface area (Å²) in [6, 6.07) is 1.98. The number of rotatable bonds is 3. The molecule has 2 aromatic heterocycles. The van der Waals surface area contributed by atoms with E-state index >= 15 is 0 Å². The molecule has 2 heterocycles. The van der Waals surface area contributed by atoms with Gasteiger partial charge in [-0.15, -0.1) is 0 Å².